The van der Waals surface area contributed by atoms with Crippen LogP contribution in [-0.2, 0) is 4.79 Å². The number of imidazole rings is 1. The van der Waals surface area contributed by atoms with E-state index in [-0.39, 0.29) is 18.0 Å². The first kappa shape index (κ1) is 11.6. The van der Waals surface area contributed by atoms with Crippen molar-refractivity contribution < 1.29 is 4.79 Å². The second kappa shape index (κ2) is 4.16. The van der Waals surface area contributed by atoms with Crippen LogP contribution < -0.4 is 11.1 Å². The van der Waals surface area contributed by atoms with E-state index in [1.54, 1.807) is 6.33 Å². The number of rotatable bonds is 1. The van der Waals surface area contributed by atoms with E-state index < -0.39 is 0 Å². The van der Waals surface area contributed by atoms with E-state index in [0.29, 0.717) is 23.7 Å². The normalized spacial score (nSPS) is 29.4. The molecule has 1 aliphatic carbocycles. The standard InChI is InChI=1S/C13H16N6O/c14-12-11-13(16-5-15-12)19(6-17-11)9-2-1-7-3-8(9)18-10(20)4-7/h5-9H,1-4H2,(H,18,20)(H2,14,15,16)/t7-,8-,9-/m0/s1. The number of aromatic nitrogens is 4. The van der Waals surface area contributed by atoms with Crippen LogP contribution in [0.2, 0.25) is 0 Å². The molecule has 104 valence electrons. The van der Waals surface area contributed by atoms with Crippen molar-refractivity contribution in [2.24, 2.45) is 5.92 Å². The summed E-state index contributed by atoms with van der Waals surface area (Å²) in [7, 11) is 0. The number of nitrogens with one attached hydrogen (secondary N) is 1. The first-order valence-corrected chi connectivity index (χ1v) is 6.95. The molecule has 2 aromatic heterocycles. The lowest BCUT2D eigenvalue weighted by Gasteiger charge is -2.40. The third-order valence-electron chi connectivity index (χ3n) is 4.49. The van der Waals surface area contributed by atoms with Crippen molar-refractivity contribution in [2.75, 3.05) is 5.73 Å². The van der Waals surface area contributed by atoms with Gasteiger partial charge in [-0.25, -0.2) is 15.0 Å². The number of piperidine rings is 1. The van der Waals surface area contributed by atoms with E-state index in [1.165, 1.54) is 6.33 Å². The van der Waals surface area contributed by atoms with Gasteiger partial charge in [-0.3, -0.25) is 4.79 Å². The first-order chi connectivity index (χ1) is 9.72. The molecule has 2 aliphatic rings. The predicted octanol–water partition coefficient (Wildman–Crippen LogP) is 0.638. The van der Waals surface area contributed by atoms with E-state index in [4.69, 9.17) is 5.73 Å². The van der Waals surface area contributed by atoms with Crippen LogP contribution >= 0.6 is 0 Å². The number of hydrogen-bond donors (Lipinski definition) is 2. The molecule has 7 nitrogen and oxygen atoms in total. The van der Waals surface area contributed by atoms with Gasteiger partial charge in [0.1, 0.15) is 11.8 Å². The molecule has 3 atom stereocenters. The summed E-state index contributed by atoms with van der Waals surface area (Å²) in [4.78, 5) is 24.3. The Bertz CT molecular complexity index is 681. The Labute approximate surface area is 115 Å². The summed E-state index contributed by atoms with van der Waals surface area (Å²) in [6.45, 7) is 0. The molecule has 4 rings (SSSR count). The molecule has 2 bridgehead atoms. The molecular formula is C13H16N6O. The number of nitrogens with zero attached hydrogens (tertiary/aromatic N) is 4. The average Bonchev–Trinajstić information content (AvgIpc) is 2.84. The molecule has 3 N–H and O–H groups in total. The van der Waals surface area contributed by atoms with E-state index >= 15 is 0 Å². The second-order valence-corrected chi connectivity index (χ2v) is 5.71. The van der Waals surface area contributed by atoms with Gasteiger partial charge < -0.3 is 15.6 Å². The summed E-state index contributed by atoms with van der Waals surface area (Å²) in [5.41, 5.74) is 7.21. The molecule has 1 saturated heterocycles. The van der Waals surface area contributed by atoms with Crippen LogP contribution in [0.25, 0.3) is 11.2 Å². The molecule has 1 aliphatic heterocycles. The van der Waals surface area contributed by atoms with Gasteiger partial charge >= 0.3 is 0 Å². The topological polar surface area (TPSA) is 98.7 Å². The van der Waals surface area contributed by atoms with Gasteiger partial charge in [-0.2, -0.15) is 0 Å². The molecule has 0 spiro atoms. The van der Waals surface area contributed by atoms with Crippen molar-refractivity contribution in [3.8, 4) is 0 Å². The Hall–Kier alpha value is -2.18. The van der Waals surface area contributed by atoms with Crippen LogP contribution in [0.5, 0.6) is 0 Å². The van der Waals surface area contributed by atoms with E-state index in [0.717, 1.165) is 24.9 Å². The van der Waals surface area contributed by atoms with Gasteiger partial charge in [0, 0.05) is 12.5 Å². The molecule has 7 heteroatoms. The van der Waals surface area contributed by atoms with Gasteiger partial charge in [0.05, 0.1) is 12.4 Å². The Morgan fingerprint density at radius 3 is 3.10 bits per heavy atom. The van der Waals surface area contributed by atoms with Crippen molar-refractivity contribution in [3.05, 3.63) is 12.7 Å². The van der Waals surface area contributed by atoms with Gasteiger partial charge in [-0.1, -0.05) is 0 Å². The number of carbonyl (C=O) groups excluding carboxylic acids is 1. The molecular weight excluding hydrogens is 256 g/mol. The zero-order chi connectivity index (χ0) is 13.7. The Kier molecular flexibility index (Phi) is 2.42. The summed E-state index contributed by atoms with van der Waals surface area (Å²) in [5.74, 6) is 1.09. The van der Waals surface area contributed by atoms with E-state index in [9.17, 15) is 4.79 Å². The maximum Gasteiger partial charge on any atom is 0.220 e. The summed E-state index contributed by atoms with van der Waals surface area (Å²) in [5, 5.41) is 3.10. The van der Waals surface area contributed by atoms with Crippen LogP contribution in [0.4, 0.5) is 5.82 Å². The molecule has 1 saturated carbocycles. The van der Waals surface area contributed by atoms with Gasteiger partial charge in [0.15, 0.2) is 11.5 Å². The number of nitrogen functional groups attached to an aromatic ring is 1. The summed E-state index contributed by atoms with van der Waals surface area (Å²) >= 11 is 0. The monoisotopic (exact) mass is 272 g/mol. The molecule has 2 fully saturated rings. The lowest BCUT2D eigenvalue weighted by atomic mass is 9.77. The zero-order valence-corrected chi connectivity index (χ0v) is 11.0. The van der Waals surface area contributed by atoms with Crippen LogP contribution in [0.15, 0.2) is 12.7 Å². The molecule has 20 heavy (non-hydrogen) atoms. The van der Waals surface area contributed by atoms with Crippen LogP contribution in [0, 0.1) is 5.92 Å². The number of fused-ring (bicyclic) bond motifs is 3. The fourth-order valence-corrected chi connectivity index (χ4v) is 3.56. The van der Waals surface area contributed by atoms with Crippen LogP contribution in [0.3, 0.4) is 0 Å². The molecule has 0 radical (unpaired) electrons. The number of carbonyl (C=O) groups is 1. The SMILES string of the molecule is Nc1ncnc2c1ncn2[C@H]1CC[C@@H]2CC(=O)N[C@H]1C2. The van der Waals surface area contributed by atoms with Crippen molar-refractivity contribution in [3.63, 3.8) is 0 Å². The highest BCUT2D eigenvalue weighted by Crippen LogP contribution is 2.38. The molecule has 0 aromatic carbocycles. The number of amides is 1. The minimum atomic E-state index is 0.162. The smallest absolute Gasteiger partial charge is 0.220 e. The van der Waals surface area contributed by atoms with Crippen molar-refractivity contribution in [2.45, 2.75) is 37.8 Å². The third-order valence-corrected chi connectivity index (χ3v) is 4.49. The van der Waals surface area contributed by atoms with Crippen LogP contribution in [-0.4, -0.2) is 31.5 Å². The Balaban J connectivity index is 1.75. The lowest BCUT2D eigenvalue weighted by Crippen LogP contribution is -2.49. The van der Waals surface area contributed by atoms with Crippen molar-refractivity contribution >= 4 is 22.9 Å². The van der Waals surface area contributed by atoms with Gasteiger partial charge in [-0.05, 0) is 25.2 Å². The fourth-order valence-electron chi connectivity index (χ4n) is 3.56. The highest BCUT2D eigenvalue weighted by atomic mass is 16.1. The number of hydrogen-bond acceptors (Lipinski definition) is 5. The summed E-state index contributed by atoms with van der Waals surface area (Å²) in [6, 6.07) is 0.374. The predicted molar refractivity (Wildman–Crippen MR) is 72.7 cm³/mol. The molecule has 0 unspecified atom stereocenters. The zero-order valence-electron chi connectivity index (χ0n) is 11.0. The van der Waals surface area contributed by atoms with Crippen molar-refractivity contribution in [1.82, 2.24) is 24.8 Å². The minimum absolute atomic E-state index is 0.162. The highest BCUT2D eigenvalue weighted by Gasteiger charge is 2.37. The van der Waals surface area contributed by atoms with Crippen LogP contribution in [0.1, 0.15) is 31.7 Å². The summed E-state index contributed by atoms with van der Waals surface area (Å²) < 4.78 is 2.04. The number of nitrogens with two attached hydrogens (primary N) is 1. The summed E-state index contributed by atoms with van der Waals surface area (Å²) in [6.07, 6.45) is 7.04. The number of anilines is 1. The second-order valence-electron chi connectivity index (χ2n) is 5.71. The first-order valence-electron chi connectivity index (χ1n) is 6.95. The largest absolute Gasteiger partial charge is 0.382 e. The quantitative estimate of drug-likeness (QED) is 0.793. The molecule has 3 heterocycles. The van der Waals surface area contributed by atoms with Gasteiger partial charge in [0.25, 0.3) is 0 Å². The Morgan fingerprint density at radius 1 is 1.30 bits per heavy atom. The van der Waals surface area contributed by atoms with E-state index in [2.05, 4.69) is 20.3 Å². The average molecular weight is 272 g/mol. The fraction of sp³-hybridized carbons (Fsp3) is 0.538. The molecule has 1 amide bonds. The Morgan fingerprint density at radius 2 is 2.20 bits per heavy atom. The minimum Gasteiger partial charge on any atom is -0.382 e. The maximum atomic E-state index is 11.7. The molecule has 2 aromatic rings. The van der Waals surface area contributed by atoms with Gasteiger partial charge in [-0.15, -0.1) is 0 Å². The van der Waals surface area contributed by atoms with E-state index in [1.807, 2.05) is 4.57 Å². The highest BCUT2D eigenvalue weighted by molar-refractivity contribution is 5.81. The third kappa shape index (κ3) is 1.65. The van der Waals surface area contributed by atoms with Gasteiger partial charge in [0.2, 0.25) is 5.91 Å². The lowest BCUT2D eigenvalue weighted by molar-refractivity contribution is -0.126. The van der Waals surface area contributed by atoms with Crippen molar-refractivity contribution in [1.29, 1.82) is 0 Å². The maximum absolute atomic E-state index is 11.7.